The average molecular weight is 285 g/mol. The van der Waals surface area contributed by atoms with Crippen molar-refractivity contribution in [2.45, 2.75) is 25.7 Å². The molecule has 3 amide bonds. The van der Waals surface area contributed by atoms with Gasteiger partial charge in [-0.25, -0.2) is 9.78 Å². The second kappa shape index (κ2) is 8.20. The Bertz CT molecular complexity index is 433. The van der Waals surface area contributed by atoms with Crippen LogP contribution in [0.3, 0.4) is 0 Å². The molecule has 0 aliphatic heterocycles. The van der Waals surface area contributed by atoms with Crippen molar-refractivity contribution in [3.05, 3.63) is 16.6 Å². The number of carboxylic acid groups (broad SMARTS) is 1. The van der Waals surface area contributed by atoms with E-state index in [9.17, 15) is 14.4 Å². The lowest BCUT2D eigenvalue weighted by Crippen LogP contribution is -2.40. The number of carbonyl (C=O) groups excluding carboxylic acids is 2. The number of hydrogen-bond donors (Lipinski definition) is 3. The summed E-state index contributed by atoms with van der Waals surface area (Å²) < 4.78 is 0. The topological polar surface area (TPSA) is 108 Å². The molecule has 1 rings (SSSR count). The first-order chi connectivity index (χ1) is 9.08. The highest BCUT2D eigenvalue weighted by atomic mass is 32.1. The fourth-order valence-electron chi connectivity index (χ4n) is 1.29. The maximum absolute atomic E-state index is 11.3. The fraction of sp³-hybridized carbons (Fsp3) is 0.455. The molecule has 1 aromatic rings. The Morgan fingerprint density at radius 1 is 1.32 bits per heavy atom. The third kappa shape index (κ3) is 7.14. The van der Waals surface area contributed by atoms with Gasteiger partial charge in [-0.3, -0.25) is 14.9 Å². The average Bonchev–Trinajstić information content (AvgIpc) is 2.81. The summed E-state index contributed by atoms with van der Waals surface area (Å²) >= 11 is 1.50. The molecule has 1 aromatic heterocycles. The quantitative estimate of drug-likeness (QED) is 0.685. The minimum atomic E-state index is -0.958. The standard InChI is InChI=1S/C11H15N3O4S/c15-8(2-1-3-10(16)17)14-11(18)13-5-4-9-12-6-7-19-9/h6-7H,1-5H2,(H,16,17)(H2,13,14,15,18). The van der Waals surface area contributed by atoms with Crippen molar-refractivity contribution in [2.24, 2.45) is 0 Å². The molecule has 0 aliphatic carbocycles. The number of nitrogens with one attached hydrogen (secondary N) is 2. The van der Waals surface area contributed by atoms with Gasteiger partial charge in [-0.1, -0.05) is 0 Å². The van der Waals surface area contributed by atoms with E-state index < -0.39 is 17.9 Å². The van der Waals surface area contributed by atoms with E-state index in [4.69, 9.17) is 5.11 Å². The van der Waals surface area contributed by atoms with Gasteiger partial charge < -0.3 is 10.4 Å². The molecule has 0 aromatic carbocycles. The highest BCUT2D eigenvalue weighted by Crippen LogP contribution is 2.03. The zero-order valence-corrected chi connectivity index (χ0v) is 11.0. The van der Waals surface area contributed by atoms with Gasteiger partial charge in [0.2, 0.25) is 5.91 Å². The van der Waals surface area contributed by atoms with Crippen LogP contribution in [-0.4, -0.2) is 34.5 Å². The monoisotopic (exact) mass is 285 g/mol. The Morgan fingerprint density at radius 2 is 2.11 bits per heavy atom. The summed E-state index contributed by atoms with van der Waals surface area (Å²) in [5.41, 5.74) is 0. The molecule has 0 bridgehead atoms. The molecule has 0 saturated heterocycles. The maximum Gasteiger partial charge on any atom is 0.321 e. The van der Waals surface area contributed by atoms with Crippen LogP contribution < -0.4 is 10.6 Å². The van der Waals surface area contributed by atoms with Crippen LogP contribution in [0, 0.1) is 0 Å². The van der Waals surface area contributed by atoms with E-state index in [0.29, 0.717) is 13.0 Å². The highest BCUT2D eigenvalue weighted by Gasteiger charge is 2.08. The van der Waals surface area contributed by atoms with Gasteiger partial charge in [0, 0.05) is 37.4 Å². The molecule has 0 fully saturated rings. The molecular weight excluding hydrogens is 270 g/mol. The Morgan fingerprint density at radius 3 is 2.74 bits per heavy atom. The normalized spacial score (nSPS) is 9.89. The summed E-state index contributed by atoms with van der Waals surface area (Å²) in [6, 6.07) is -0.572. The van der Waals surface area contributed by atoms with Gasteiger partial charge in [-0.15, -0.1) is 11.3 Å². The minimum absolute atomic E-state index is 0.0200. The first-order valence-corrected chi connectivity index (χ1v) is 6.63. The van der Waals surface area contributed by atoms with Crippen LogP contribution in [0.5, 0.6) is 0 Å². The molecule has 0 saturated carbocycles. The first kappa shape index (κ1) is 15.1. The van der Waals surface area contributed by atoms with Crippen LogP contribution in [0.2, 0.25) is 0 Å². The van der Waals surface area contributed by atoms with Gasteiger partial charge in [0.1, 0.15) is 0 Å². The zero-order chi connectivity index (χ0) is 14.1. The SMILES string of the molecule is O=C(O)CCCC(=O)NC(=O)NCCc1nccs1. The van der Waals surface area contributed by atoms with Gasteiger partial charge in [-0.05, 0) is 6.42 Å². The van der Waals surface area contributed by atoms with Crippen LogP contribution in [0.4, 0.5) is 4.79 Å². The third-order valence-corrected chi connectivity index (χ3v) is 2.99. The number of rotatable bonds is 7. The smallest absolute Gasteiger partial charge is 0.321 e. The molecule has 19 heavy (non-hydrogen) atoms. The van der Waals surface area contributed by atoms with E-state index in [-0.39, 0.29) is 19.3 Å². The number of urea groups is 1. The number of aromatic nitrogens is 1. The lowest BCUT2D eigenvalue weighted by molar-refractivity contribution is -0.137. The van der Waals surface area contributed by atoms with Crippen LogP contribution in [0.25, 0.3) is 0 Å². The van der Waals surface area contributed by atoms with E-state index >= 15 is 0 Å². The Balaban J connectivity index is 2.09. The molecule has 3 N–H and O–H groups in total. The lowest BCUT2D eigenvalue weighted by Gasteiger charge is -2.05. The molecule has 0 unspecified atom stereocenters. The number of carbonyl (C=O) groups is 3. The van der Waals surface area contributed by atoms with Gasteiger partial charge in [-0.2, -0.15) is 0 Å². The van der Waals surface area contributed by atoms with Gasteiger partial charge in [0.05, 0.1) is 5.01 Å². The summed E-state index contributed by atoms with van der Waals surface area (Å²) in [5.74, 6) is -1.44. The third-order valence-electron chi connectivity index (χ3n) is 2.16. The number of carboxylic acids is 1. The molecule has 8 heteroatoms. The molecule has 0 spiro atoms. The van der Waals surface area contributed by atoms with Crippen LogP contribution >= 0.6 is 11.3 Å². The highest BCUT2D eigenvalue weighted by molar-refractivity contribution is 7.09. The number of thiazole rings is 1. The molecule has 0 atom stereocenters. The number of amides is 3. The number of nitrogens with zero attached hydrogens (tertiary/aromatic N) is 1. The van der Waals surface area contributed by atoms with Gasteiger partial charge in [0.25, 0.3) is 0 Å². The Kier molecular flexibility index (Phi) is 6.51. The van der Waals surface area contributed by atoms with Gasteiger partial charge in [0.15, 0.2) is 0 Å². The predicted octanol–water partition coefficient (Wildman–Crippen LogP) is 0.766. The van der Waals surface area contributed by atoms with Crippen molar-refractivity contribution >= 4 is 29.2 Å². The summed E-state index contributed by atoms with van der Waals surface area (Å²) in [5, 5.41) is 15.8. The molecule has 7 nitrogen and oxygen atoms in total. The summed E-state index contributed by atoms with van der Waals surface area (Å²) in [7, 11) is 0. The fourth-order valence-corrected chi connectivity index (χ4v) is 1.91. The predicted molar refractivity (Wildman–Crippen MR) is 68.8 cm³/mol. The molecular formula is C11H15N3O4S. The second-order valence-electron chi connectivity index (χ2n) is 3.73. The molecule has 104 valence electrons. The van der Waals surface area contributed by atoms with Crippen molar-refractivity contribution in [3.8, 4) is 0 Å². The van der Waals surface area contributed by atoms with Gasteiger partial charge >= 0.3 is 12.0 Å². The largest absolute Gasteiger partial charge is 0.481 e. The van der Waals surface area contributed by atoms with E-state index in [1.165, 1.54) is 11.3 Å². The van der Waals surface area contributed by atoms with Crippen molar-refractivity contribution in [2.75, 3.05) is 6.54 Å². The Hall–Kier alpha value is -1.96. The minimum Gasteiger partial charge on any atom is -0.481 e. The molecule has 1 heterocycles. The number of imide groups is 1. The molecule has 0 radical (unpaired) electrons. The van der Waals surface area contributed by atoms with Crippen molar-refractivity contribution in [1.29, 1.82) is 0 Å². The van der Waals surface area contributed by atoms with Crippen LogP contribution in [-0.2, 0) is 16.0 Å². The maximum atomic E-state index is 11.3. The van der Waals surface area contributed by atoms with Crippen LogP contribution in [0.15, 0.2) is 11.6 Å². The summed E-state index contributed by atoms with van der Waals surface area (Å²) in [6.45, 7) is 0.391. The zero-order valence-electron chi connectivity index (χ0n) is 10.2. The van der Waals surface area contributed by atoms with E-state index in [0.717, 1.165) is 5.01 Å². The van der Waals surface area contributed by atoms with E-state index in [2.05, 4.69) is 15.6 Å². The van der Waals surface area contributed by atoms with Crippen molar-refractivity contribution in [1.82, 2.24) is 15.6 Å². The lowest BCUT2D eigenvalue weighted by atomic mass is 10.2. The summed E-state index contributed by atoms with van der Waals surface area (Å²) in [6.07, 6.45) is 2.45. The van der Waals surface area contributed by atoms with E-state index in [1.54, 1.807) is 6.20 Å². The summed E-state index contributed by atoms with van der Waals surface area (Å²) in [4.78, 5) is 36.9. The number of aliphatic carboxylic acids is 1. The Labute approximate surface area is 114 Å². The van der Waals surface area contributed by atoms with Crippen LogP contribution in [0.1, 0.15) is 24.3 Å². The number of hydrogen-bond acceptors (Lipinski definition) is 5. The van der Waals surface area contributed by atoms with Crippen molar-refractivity contribution < 1.29 is 19.5 Å². The van der Waals surface area contributed by atoms with E-state index in [1.807, 2.05) is 5.38 Å². The molecule has 0 aliphatic rings. The van der Waals surface area contributed by atoms with Crippen molar-refractivity contribution in [3.63, 3.8) is 0 Å². The second-order valence-corrected chi connectivity index (χ2v) is 4.71. The first-order valence-electron chi connectivity index (χ1n) is 5.76.